The summed E-state index contributed by atoms with van der Waals surface area (Å²) in [6, 6.07) is 18.6. The van der Waals surface area contributed by atoms with Crippen molar-refractivity contribution in [3.63, 3.8) is 0 Å². The van der Waals surface area contributed by atoms with Gasteiger partial charge >= 0.3 is 5.97 Å². The lowest BCUT2D eigenvalue weighted by Gasteiger charge is -2.13. The second-order valence-electron chi connectivity index (χ2n) is 6.27. The summed E-state index contributed by atoms with van der Waals surface area (Å²) < 4.78 is 6.59. The molecule has 6 nitrogen and oxygen atoms in total. The minimum absolute atomic E-state index is 0.0181. The van der Waals surface area contributed by atoms with Gasteiger partial charge in [-0.15, -0.1) is 0 Å². The zero-order valence-corrected chi connectivity index (χ0v) is 15.0. The van der Waals surface area contributed by atoms with Crippen molar-refractivity contribution in [3.05, 3.63) is 76.3 Å². The zero-order chi connectivity index (χ0) is 19.2. The highest BCUT2D eigenvalue weighted by atomic mass is 16.5. The Morgan fingerprint density at radius 2 is 1.89 bits per heavy atom. The Labute approximate surface area is 156 Å². The average molecular weight is 361 g/mol. The zero-order valence-electron chi connectivity index (χ0n) is 15.0. The minimum Gasteiger partial charge on any atom is -0.457 e. The van der Waals surface area contributed by atoms with Gasteiger partial charge in [0, 0.05) is 0 Å². The molecule has 1 atom stereocenters. The van der Waals surface area contributed by atoms with E-state index in [1.807, 2.05) is 43.3 Å². The number of fused-ring (bicyclic) bond motifs is 1. The number of nitrogens with zero attached hydrogens (tertiary/aromatic N) is 3. The number of aromatic nitrogens is 2. The maximum absolute atomic E-state index is 12.6. The lowest BCUT2D eigenvalue weighted by molar-refractivity contribution is -0.145. The standard InChI is InChI=1S/C21H19N3O3/c1-15(16-7-3-2-4-8-16)13-20(25)27-14-19-23-18-10-6-5-9-17(18)21(26)24(19)12-11-22/h2-10,15H,12-14H2,1H3/t15-/m0/s1. The number of carbonyl (C=O) groups is 1. The average Bonchev–Trinajstić information content (AvgIpc) is 2.69. The van der Waals surface area contributed by atoms with Gasteiger partial charge in [0.25, 0.3) is 5.56 Å². The maximum Gasteiger partial charge on any atom is 0.306 e. The van der Waals surface area contributed by atoms with Crippen LogP contribution in [0.15, 0.2) is 59.4 Å². The van der Waals surface area contributed by atoms with Crippen LogP contribution < -0.4 is 5.56 Å². The lowest BCUT2D eigenvalue weighted by atomic mass is 9.98. The van der Waals surface area contributed by atoms with Crippen molar-refractivity contribution < 1.29 is 9.53 Å². The molecule has 0 aliphatic rings. The molecule has 0 amide bonds. The summed E-state index contributed by atoms with van der Waals surface area (Å²) in [6.07, 6.45) is 0.222. The molecular formula is C21H19N3O3. The van der Waals surface area contributed by atoms with Crippen LogP contribution in [0, 0.1) is 11.3 Å². The first-order valence-corrected chi connectivity index (χ1v) is 8.66. The molecule has 0 N–H and O–H groups in total. The number of ether oxygens (including phenoxy) is 1. The Morgan fingerprint density at radius 1 is 1.19 bits per heavy atom. The number of hydrogen-bond donors (Lipinski definition) is 0. The summed E-state index contributed by atoms with van der Waals surface area (Å²) in [5.41, 5.74) is 1.26. The molecule has 0 saturated heterocycles. The Balaban J connectivity index is 1.76. The smallest absolute Gasteiger partial charge is 0.306 e. The normalized spacial score (nSPS) is 11.7. The first-order chi connectivity index (χ1) is 13.1. The van der Waals surface area contributed by atoms with Crippen molar-refractivity contribution in [1.82, 2.24) is 9.55 Å². The summed E-state index contributed by atoms with van der Waals surface area (Å²) in [5, 5.41) is 9.45. The molecule has 0 unspecified atom stereocenters. The third-order valence-electron chi connectivity index (χ3n) is 4.37. The van der Waals surface area contributed by atoms with E-state index >= 15 is 0 Å². The highest BCUT2D eigenvalue weighted by molar-refractivity contribution is 5.77. The van der Waals surface area contributed by atoms with E-state index in [-0.39, 0.29) is 42.8 Å². The fraction of sp³-hybridized carbons (Fsp3) is 0.238. The van der Waals surface area contributed by atoms with Crippen LogP contribution in [0.4, 0.5) is 0 Å². The molecule has 2 aromatic carbocycles. The van der Waals surface area contributed by atoms with Crippen LogP contribution in [0.25, 0.3) is 10.9 Å². The van der Waals surface area contributed by atoms with E-state index in [0.29, 0.717) is 10.9 Å². The van der Waals surface area contributed by atoms with E-state index in [0.717, 1.165) is 5.56 Å². The number of rotatable bonds is 6. The van der Waals surface area contributed by atoms with Gasteiger partial charge in [-0.1, -0.05) is 49.4 Å². The Bertz CT molecular complexity index is 1050. The van der Waals surface area contributed by atoms with E-state index in [2.05, 4.69) is 4.98 Å². The SMILES string of the molecule is C[C@@H](CC(=O)OCc1nc2ccccc2c(=O)n1CC#N)c1ccccc1. The van der Waals surface area contributed by atoms with Crippen LogP contribution >= 0.6 is 0 Å². The third kappa shape index (κ3) is 4.21. The lowest BCUT2D eigenvalue weighted by Crippen LogP contribution is -2.26. The molecule has 0 fully saturated rings. The molecule has 136 valence electrons. The van der Waals surface area contributed by atoms with E-state index < -0.39 is 0 Å². The first-order valence-electron chi connectivity index (χ1n) is 8.66. The van der Waals surface area contributed by atoms with Crippen molar-refractivity contribution in [2.75, 3.05) is 0 Å². The Morgan fingerprint density at radius 3 is 2.63 bits per heavy atom. The van der Waals surface area contributed by atoms with E-state index in [1.165, 1.54) is 4.57 Å². The van der Waals surface area contributed by atoms with Gasteiger partial charge in [0.05, 0.1) is 23.4 Å². The molecule has 3 aromatic rings. The monoisotopic (exact) mass is 361 g/mol. The molecule has 1 aromatic heterocycles. The van der Waals surface area contributed by atoms with Gasteiger partial charge in [-0.2, -0.15) is 5.26 Å². The van der Waals surface area contributed by atoms with Crippen molar-refractivity contribution in [2.24, 2.45) is 0 Å². The molecule has 1 heterocycles. The second-order valence-corrected chi connectivity index (χ2v) is 6.27. The Kier molecular flexibility index (Phi) is 5.62. The van der Waals surface area contributed by atoms with Crippen molar-refractivity contribution in [2.45, 2.75) is 32.4 Å². The third-order valence-corrected chi connectivity index (χ3v) is 4.37. The van der Waals surface area contributed by atoms with Crippen LogP contribution in [0.5, 0.6) is 0 Å². The van der Waals surface area contributed by atoms with Gasteiger partial charge in [0.2, 0.25) is 0 Å². The van der Waals surface area contributed by atoms with Gasteiger partial charge in [0.15, 0.2) is 5.82 Å². The van der Waals surface area contributed by atoms with Crippen LogP contribution in [0.2, 0.25) is 0 Å². The number of benzene rings is 2. The first kappa shape index (κ1) is 18.3. The number of hydrogen-bond acceptors (Lipinski definition) is 5. The summed E-state index contributed by atoms with van der Waals surface area (Å²) >= 11 is 0. The van der Waals surface area contributed by atoms with Gasteiger partial charge in [-0.3, -0.25) is 14.2 Å². The topological polar surface area (TPSA) is 85.0 Å². The molecule has 27 heavy (non-hydrogen) atoms. The summed E-state index contributed by atoms with van der Waals surface area (Å²) in [7, 11) is 0. The van der Waals surface area contributed by atoms with Gasteiger partial charge in [0.1, 0.15) is 13.2 Å². The van der Waals surface area contributed by atoms with E-state index in [1.54, 1.807) is 24.3 Å². The molecule has 3 rings (SSSR count). The van der Waals surface area contributed by atoms with Crippen LogP contribution in [0.1, 0.15) is 30.7 Å². The van der Waals surface area contributed by atoms with Gasteiger partial charge in [-0.25, -0.2) is 4.98 Å². The molecule has 0 bridgehead atoms. The molecule has 0 saturated carbocycles. The molecule has 0 aliphatic carbocycles. The van der Waals surface area contributed by atoms with Crippen LogP contribution in [-0.2, 0) is 22.7 Å². The fourth-order valence-electron chi connectivity index (χ4n) is 2.91. The molecule has 0 aliphatic heterocycles. The molecule has 6 heteroatoms. The van der Waals surface area contributed by atoms with Crippen molar-refractivity contribution in [1.29, 1.82) is 5.26 Å². The predicted octanol–water partition coefficient (Wildman–Crippen LogP) is 3.16. The van der Waals surface area contributed by atoms with Crippen molar-refractivity contribution >= 4 is 16.9 Å². The number of para-hydroxylation sites is 1. The fourth-order valence-corrected chi connectivity index (χ4v) is 2.91. The summed E-state index contributed by atoms with van der Waals surface area (Å²) in [6.45, 7) is 1.66. The van der Waals surface area contributed by atoms with E-state index in [4.69, 9.17) is 10.00 Å². The quantitative estimate of drug-likeness (QED) is 0.630. The number of esters is 1. The van der Waals surface area contributed by atoms with Gasteiger partial charge in [-0.05, 0) is 23.6 Å². The number of nitriles is 1. The Hall–Kier alpha value is -3.46. The highest BCUT2D eigenvalue weighted by Crippen LogP contribution is 2.19. The predicted molar refractivity (Wildman–Crippen MR) is 101 cm³/mol. The van der Waals surface area contributed by atoms with Crippen LogP contribution in [-0.4, -0.2) is 15.5 Å². The molecule has 0 spiro atoms. The summed E-state index contributed by atoms with van der Waals surface area (Å²) in [5.74, 6) is -0.0946. The minimum atomic E-state index is -0.378. The highest BCUT2D eigenvalue weighted by Gasteiger charge is 2.15. The van der Waals surface area contributed by atoms with Crippen LogP contribution in [0.3, 0.4) is 0 Å². The second kappa shape index (κ2) is 8.28. The number of carbonyl (C=O) groups excluding carboxylic acids is 1. The maximum atomic E-state index is 12.6. The molecular weight excluding hydrogens is 342 g/mol. The summed E-state index contributed by atoms with van der Waals surface area (Å²) in [4.78, 5) is 29.2. The van der Waals surface area contributed by atoms with Gasteiger partial charge < -0.3 is 4.74 Å². The molecule has 0 radical (unpaired) electrons. The largest absolute Gasteiger partial charge is 0.457 e. The van der Waals surface area contributed by atoms with E-state index in [9.17, 15) is 9.59 Å². The van der Waals surface area contributed by atoms with Crippen molar-refractivity contribution in [3.8, 4) is 6.07 Å².